The second-order valence-electron chi connectivity index (χ2n) is 6.66. The number of para-hydroxylation sites is 1. The van der Waals surface area contributed by atoms with Crippen LogP contribution in [0.4, 0.5) is 0 Å². The molecule has 0 radical (unpaired) electrons. The normalized spacial score (nSPS) is 14.6. The maximum Gasteiger partial charge on any atom is 0.144 e. The van der Waals surface area contributed by atoms with Crippen LogP contribution in [0.25, 0.3) is 33.2 Å². The lowest BCUT2D eigenvalue weighted by Gasteiger charge is -2.18. The van der Waals surface area contributed by atoms with Gasteiger partial charge in [0.25, 0.3) is 0 Å². The lowest BCUT2D eigenvalue weighted by molar-refractivity contribution is 0.670. The first-order valence-electron chi connectivity index (χ1n) is 9.59. The number of furan rings is 1. The Morgan fingerprint density at radius 2 is 1.87 bits per heavy atom. The third kappa shape index (κ3) is 2.28. The molecule has 0 N–H and O–H groups in total. The Morgan fingerprint density at radius 3 is 2.70 bits per heavy atom. The van der Waals surface area contributed by atoms with Crippen molar-refractivity contribution in [2.75, 3.05) is 0 Å². The molecule has 0 saturated heterocycles. The summed E-state index contributed by atoms with van der Waals surface area (Å²) in [6, 6.07) is 11.0. The quantitative estimate of drug-likeness (QED) is 0.475. The van der Waals surface area contributed by atoms with Crippen molar-refractivity contribution in [3.05, 3.63) is 60.7 Å². The Hall–Kier alpha value is -2.39. The standard InChI is InChI=1S/C20H19NOSi/c1-23(2,3)18-12-11-14(16-9-6-7-13-21-16)20-19(18)15-8-4-5-10-17(15)22-20/h4-13H,1-3H3/i6D,7D,9D,13D. The minimum absolute atomic E-state index is 0.154. The van der Waals surface area contributed by atoms with Crippen LogP contribution in [-0.4, -0.2) is 13.1 Å². The molecule has 2 aromatic carbocycles. The van der Waals surface area contributed by atoms with Crippen LogP contribution < -0.4 is 5.19 Å². The van der Waals surface area contributed by atoms with Crippen LogP contribution >= 0.6 is 0 Å². The predicted octanol–water partition coefficient (Wildman–Crippen LogP) is 5.19. The molecule has 0 saturated carbocycles. The lowest BCUT2D eigenvalue weighted by Crippen LogP contribution is -2.37. The van der Waals surface area contributed by atoms with E-state index in [0.29, 0.717) is 11.1 Å². The molecule has 2 nitrogen and oxygen atoms in total. The first kappa shape index (κ1) is 10.4. The topological polar surface area (TPSA) is 26.0 Å². The van der Waals surface area contributed by atoms with E-state index in [1.165, 1.54) is 5.19 Å². The van der Waals surface area contributed by atoms with Gasteiger partial charge in [0.2, 0.25) is 0 Å². The van der Waals surface area contributed by atoms with Gasteiger partial charge in [0.1, 0.15) is 11.2 Å². The molecule has 0 aliphatic heterocycles. The van der Waals surface area contributed by atoms with Gasteiger partial charge in [-0.25, -0.2) is 0 Å². The summed E-state index contributed by atoms with van der Waals surface area (Å²) in [6.45, 7) is 6.82. The monoisotopic (exact) mass is 321 g/mol. The van der Waals surface area contributed by atoms with Crippen LogP contribution in [0.15, 0.2) is 65.1 Å². The van der Waals surface area contributed by atoms with Crippen LogP contribution in [-0.2, 0) is 0 Å². The van der Waals surface area contributed by atoms with Gasteiger partial charge < -0.3 is 4.42 Å². The highest BCUT2D eigenvalue weighted by molar-refractivity contribution is 6.90. The van der Waals surface area contributed by atoms with E-state index < -0.39 is 8.07 Å². The molecule has 0 aliphatic carbocycles. The molecule has 0 fully saturated rings. The fraction of sp³-hybridized carbons (Fsp3) is 0.150. The van der Waals surface area contributed by atoms with E-state index in [9.17, 15) is 0 Å². The first-order chi connectivity index (χ1) is 12.7. The molecule has 2 aromatic heterocycles. The van der Waals surface area contributed by atoms with Gasteiger partial charge in [0.05, 0.1) is 19.3 Å². The SMILES string of the molecule is [2H]c1nc(-c2ccc([Si](C)(C)C)c3c2oc2ccccc23)c([2H])c([2H])c1[2H]. The summed E-state index contributed by atoms with van der Waals surface area (Å²) in [5.74, 6) is 0. The molecule has 0 amide bonds. The van der Waals surface area contributed by atoms with Crippen LogP contribution in [0.5, 0.6) is 0 Å². The summed E-state index contributed by atoms with van der Waals surface area (Å²) in [4.78, 5) is 4.14. The Balaban J connectivity index is 2.17. The highest BCUT2D eigenvalue weighted by Gasteiger charge is 2.24. The van der Waals surface area contributed by atoms with E-state index in [0.717, 1.165) is 16.4 Å². The average Bonchev–Trinajstić information content (AvgIpc) is 3.01. The number of benzene rings is 2. The largest absolute Gasteiger partial charge is 0.455 e. The molecule has 23 heavy (non-hydrogen) atoms. The molecule has 114 valence electrons. The summed E-state index contributed by atoms with van der Waals surface area (Å²) >= 11 is 0. The van der Waals surface area contributed by atoms with E-state index >= 15 is 0 Å². The van der Waals surface area contributed by atoms with Crippen molar-refractivity contribution in [1.82, 2.24) is 4.98 Å². The van der Waals surface area contributed by atoms with Crippen LogP contribution in [0, 0.1) is 0 Å². The van der Waals surface area contributed by atoms with E-state index in [2.05, 4.69) is 30.7 Å². The number of rotatable bonds is 2. The number of nitrogens with zero attached hydrogens (tertiary/aromatic N) is 1. The lowest BCUT2D eigenvalue weighted by atomic mass is 10.1. The second-order valence-corrected chi connectivity index (χ2v) is 11.7. The van der Waals surface area contributed by atoms with Crippen molar-refractivity contribution in [1.29, 1.82) is 0 Å². The van der Waals surface area contributed by atoms with Gasteiger partial charge in [-0.05, 0) is 29.4 Å². The Kier molecular flexibility index (Phi) is 2.29. The molecular formula is C20H19NOSi. The number of fused-ring (bicyclic) bond motifs is 3. The highest BCUT2D eigenvalue weighted by atomic mass is 28.3. The van der Waals surface area contributed by atoms with Gasteiger partial charge in [-0.1, -0.05) is 49.9 Å². The van der Waals surface area contributed by atoms with Gasteiger partial charge in [-0.2, -0.15) is 0 Å². The molecule has 4 rings (SSSR count). The van der Waals surface area contributed by atoms with Crippen LogP contribution in [0.3, 0.4) is 0 Å². The summed E-state index contributed by atoms with van der Waals surface area (Å²) in [5.41, 5.74) is 2.20. The van der Waals surface area contributed by atoms with Gasteiger partial charge in [0.15, 0.2) is 0 Å². The van der Waals surface area contributed by atoms with Crippen molar-refractivity contribution in [2.24, 2.45) is 0 Å². The Bertz CT molecular complexity index is 1210. The maximum atomic E-state index is 8.27. The van der Waals surface area contributed by atoms with E-state index in [1.54, 1.807) is 0 Å². The van der Waals surface area contributed by atoms with Crippen molar-refractivity contribution >= 4 is 35.2 Å². The van der Waals surface area contributed by atoms with Gasteiger partial charge in [-0.15, -0.1) is 0 Å². The van der Waals surface area contributed by atoms with E-state index in [-0.39, 0.29) is 30.0 Å². The Labute approximate surface area is 142 Å². The van der Waals surface area contributed by atoms with Crippen LogP contribution in [0.2, 0.25) is 19.6 Å². The minimum Gasteiger partial charge on any atom is -0.455 e. The maximum absolute atomic E-state index is 8.27. The molecule has 4 aromatic rings. The molecule has 0 aliphatic rings. The van der Waals surface area contributed by atoms with Crippen molar-refractivity contribution < 1.29 is 9.90 Å². The molecule has 2 heterocycles. The third-order valence-electron chi connectivity index (χ3n) is 4.06. The first-order valence-corrected chi connectivity index (χ1v) is 11.1. The van der Waals surface area contributed by atoms with Gasteiger partial charge in [-0.3, -0.25) is 4.98 Å². The van der Waals surface area contributed by atoms with E-state index in [4.69, 9.17) is 9.90 Å². The number of hydrogen-bond donors (Lipinski definition) is 0. The summed E-state index contributed by atoms with van der Waals surface area (Å²) in [6.07, 6.45) is -0.301. The second kappa shape index (κ2) is 5.07. The van der Waals surface area contributed by atoms with Gasteiger partial charge >= 0.3 is 0 Å². The minimum atomic E-state index is -1.68. The molecular weight excluding hydrogens is 298 g/mol. The van der Waals surface area contributed by atoms with Gasteiger partial charge in [0, 0.05) is 22.5 Å². The number of hydrogen-bond acceptors (Lipinski definition) is 2. The van der Waals surface area contributed by atoms with Crippen molar-refractivity contribution in [3.63, 3.8) is 0 Å². The molecule has 0 unspecified atom stereocenters. The summed E-state index contributed by atoms with van der Waals surface area (Å²) in [7, 11) is -1.68. The van der Waals surface area contributed by atoms with E-state index in [1.807, 2.05) is 30.3 Å². The highest BCUT2D eigenvalue weighted by Crippen LogP contribution is 2.35. The third-order valence-corrected chi connectivity index (χ3v) is 6.09. The summed E-state index contributed by atoms with van der Waals surface area (Å²) < 4.78 is 38.0. The molecule has 3 heteroatoms. The number of aromatic nitrogens is 1. The Morgan fingerprint density at radius 1 is 1.04 bits per heavy atom. The van der Waals surface area contributed by atoms with Crippen molar-refractivity contribution in [2.45, 2.75) is 19.6 Å². The number of pyridine rings is 1. The summed E-state index contributed by atoms with van der Waals surface area (Å²) in [5, 5.41) is 3.30. The predicted molar refractivity (Wildman–Crippen MR) is 99.9 cm³/mol. The zero-order chi connectivity index (χ0) is 19.5. The molecule has 0 spiro atoms. The zero-order valence-corrected chi connectivity index (χ0v) is 14.3. The van der Waals surface area contributed by atoms with Crippen molar-refractivity contribution in [3.8, 4) is 11.3 Å². The zero-order valence-electron chi connectivity index (χ0n) is 17.3. The molecule has 0 atom stereocenters. The van der Waals surface area contributed by atoms with Crippen LogP contribution in [0.1, 0.15) is 5.48 Å². The average molecular weight is 321 g/mol. The fourth-order valence-corrected chi connectivity index (χ4v) is 4.58. The fourth-order valence-electron chi connectivity index (χ4n) is 3.00. The molecule has 0 bridgehead atoms. The smallest absolute Gasteiger partial charge is 0.144 e.